The highest BCUT2D eigenvalue weighted by molar-refractivity contribution is 7.74. The maximum Gasteiger partial charge on any atom is 0.261 e. The van der Waals surface area contributed by atoms with Crippen molar-refractivity contribution in [1.82, 2.24) is 0 Å². The normalized spacial score (nSPS) is 13.4. The molecule has 0 spiro atoms. The molecule has 1 atom stereocenters. The van der Waals surface area contributed by atoms with Gasteiger partial charge in [-0.2, -0.15) is 0 Å². The van der Waals surface area contributed by atoms with Crippen molar-refractivity contribution in [2.75, 3.05) is 7.11 Å². The first kappa shape index (κ1) is 18.6. The molecular weight excluding hydrogens is 339 g/mol. The zero-order chi connectivity index (χ0) is 18.7. The van der Waals surface area contributed by atoms with E-state index in [1.54, 1.807) is 0 Å². The van der Waals surface area contributed by atoms with Gasteiger partial charge in [0, 0.05) is 17.7 Å². The van der Waals surface area contributed by atoms with Crippen molar-refractivity contribution in [2.24, 2.45) is 0 Å². The van der Waals surface area contributed by atoms with Crippen molar-refractivity contribution in [3.05, 3.63) is 94.5 Å². The Bertz CT molecular complexity index is 938. The minimum absolute atomic E-state index is 0.729. The Morgan fingerprint density at radius 1 is 0.846 bits per heavy atom. The van der Waals surface area contributed by atoms with Crippen LogP contribution in [0, 0.1) is 20.8 Å². The van der Waals surface area contributed by atoms with Crippen LogP contribution < -0.4 is 10.6 Å². The largest absolute Gasteiger partial charge is 0.325 e. The minimum Gasteiger partial charge on any atom is -0.325 e. The van der Waals surface area contributed by atoms with E-state index < -0.39 is 7.37 Å². The van der Waals surface area contributed by atoms with Crippen LogP contribution >= 0.6 is 7.37 Å². The fourth-order valence-corrected chi connectivity index (χ4v) is 5.66. The zero-order valence-electron chi connectivity index (χ0n) is 15.8. The number of rotatable bonds is 5. The molecule has 26 heavy (non-hydrogen) atoms. The number of hydrogen-bond acceptors (Lipinski definition) is 2. The first-order valence-electron chi connectivity index (χ1n) is 8.82. The van der Waals surface area contributed by atoms with E-state index in [1.165, 1.54) is 29.4 Å². The molecule has 0 radical (unpaired) electrons. The van der Waals surface area contributed by atoms with Gasteiger partial charge in [0.05, 0.1) is 0 Å². The molecule has 3 heteroatoms. The molecule has 0 aliphatic rings. The number of hydrogen-bond donors (Lipinski definition) is 0. The van der Waals surface area contributed by atoms with E-state index in [0.29, 0.717) is 0 Å². The van der Waals surface area contributed by atoms with Crippen LogP contribution in [0.3, 0.4) is 0 Å². The Hall–Kier alpha value is -2.15. The summed E-state index contributed by atoms with van der Waals surface area (Å²) < 4.78 is 19.4. The summed E-state index contributed by atoms with van der Waals surface area (Å²) in [7, 11) is -1.58. The van der Waals surface area contributed by atoms with Crippen LogP contribution in [0.4, 0.5) is 0 Å². The summed E-state index contributed by atoms with van der Waals surface area (Å²) in [6, 6.07) is 21.8. The molecule has 0 N–H and O–H groups in total. The molecule has 0 aliphatic carbocycles. The molecule has 0 heterocycles. The Kier molecular flexibility index (Phi) is 5.46. The fourth-order valence-electron chi connectivity index (χ4n) is 3.59. The van der Waals surface area contributed by atoms with E-state index in [4.69, 9.17) is 4.52 Å². The summed E-state index contributed by atoms with van der Waals surface area (Å²) in [5, 5.41) is 1.51. The molecule has 3 rings (SSSR count). The Morgan fingerprint density at radius 2 is 1.42 bits per heavy atom. The molecule has 0 bridgehead atoms. The van der Waals surface area contributed by atoms with Gasteiger partial charge in [0.25, 0.3) is 7.37 Å². The average molecular weight is 364 g/mol. The molecule has 2 nitrogen and oxygen atoms in total. The molecule has 0 fully saturated rings. The first-order valence-corrected chi connectivity index (χ1v) is 10.4. The fraction of sp³-hybridized carbons (Fsp3) is 0.217. The van der Waals surface area contributed by atoms with Crippen molar-refractivity contribution >= 4 is 18.0 Å². The lowest BCUT2D eigenvalue weighted by Crippen LogP contribution is -2.21. The molecule has 134 valence electrons. The Morgan fingerprint density at radius 3 is 2.04 bits per heavy atom. The third-order valence-corrected chi connectivity index (χ3v) is 7.43. The van der Waals surface area contributed by atoms with Crippen LogP contribution in [0.25, 0.3) is 0 Å². The zero-order valence-corrected chi connectivity index (χ0v) is 16.7. The average Bonchev–Trinajstić information content (AvgIpc) is 2.65. The van der Waals surface area contributed by atoms with E-state index >= 15 is 0 Å². The van der Waals surface area contributed by atoms with Gasteiger partial charge >= 0.3 is 0 Å². The van der Waals surface area contributed by atoms with Crippen LogP contribution in [0.1, 0.15) is 27.8 Å². The summed E-state index contributed by atoms with van der Waals surface area (Å²) in [6.07, 6.45) is 0.744. The molecular formula is C23H25O2P. The van der Waals surface area contributed by atoms with Gasteiger partial charge in [-0.3, -0.25) is 4.57 Å². The minimum atomic E-state index is -3.12. The second kappa shape index (κ2) is 7.61. The van der Waals surface area contributed by atoms with Gasteiger partial charge < -0.3 is 4.52 Å². The lowest BCUT2D eigenvalue weighted by molar-refractivity contribution is 0.412. The highest BCUT2D eigenvalue weighted by atomic mass is 31.2. The van der Waals surface area contributed by atoms with Crippen molar-refractivity contribution in [3.63, 3.8) is 0 Å². The maximum atomic E-state index is 13.8. The first-order chi connectivity index (χ1) is 12.5. The smallest absolute Gasteiger partial charge is 0.261 e. The predicted octanol–water partition coefficient (Wildman–Crippen LogP) is 5.08. The van der Waals surface area contributed by atoms with Crippen LogP contribution in [0.15, 0.2) is 66.7 Å². The molecule has 0 amide bonds. The monoisotopic (exact) mass is 364 g/mol. The van der Waals surface area contributed by atoms with Gasteiger partial charge in [-0.15, -0.1) is 0 Å². The predicted molar refractivity (Wildman–Crippen MR) is 110 cm³/mol. The van der Waals surface area contributed by atoms with Crippen molar-refractivity contribution < 1.29 is 9.09 Å². The van der Waals surface area contributed by atoms with E-state index in [2.05, 4.69) is 39.0 Å². The second-order valence-electron chi connectivity index (χ2n) is 6.75. The second-order valence-corrected chi connectivity index (χ2v) is 9.22. The topological polar surface area (TPSA) is 26.3 Å². The van der Waals surface area contributed by atoms with Crippen LogP contribution in [-0.4, -0.2) is 7.11 Å². The summed E-state index contributed by atoms with van der Waals surface area (Å²) in [5.74, 6) is 0. The molecule has 0 saturated heterocycles. The summed E-state index contributed by atoms with van der Waals surface area (Å²) in [5.41, 5.74) is 6.15. The highest BCUT2D eigenvalue weighted by Gasteiger charge is 2.29. The standard InChI is InChI=1S/C23H25O2P/c1-17-14-18(2)22(19(3)15-17)16-20-10-8-9-13-23(20)26(24,25-4)21-11-6-5-7-12-21/h5-15H,16H2,1-4H3. The van der Waals surface area contributed by atoms with Gasteiger partial charge in [0.1, 0.15) is 0 Å². The molecule has 0 aliphatic heterocycles. The molecule has 1 unspecified atom stereocenters. The maximum absolute atomic E-state index is 13.8. The van der Waals surface area contributed by atoms with E-state index in [9.17, 15) is 4.57 Å². The van der Waals surface area contributed by atoms with Crippen molar-refractivity contribution in [3.8, 4) is 0 Å². The lowest BCUT2D eigenvalue weighted by atomic mass is 9.94. The van der Waals surface area contributed by atoms with Gasteiger partial charge in [0.2, 0.25) is 0 Å². The van der Waals surface area contributed by atoms with Crippen LogP contribution in [0.5, 0.6) is 0 Å². The quantitative estimate of drug-likeness (QED) is 0.590. The SMILES string of the molecule is COP(=O)(c1ccccc1)c1ccccc1Cc1c(C)cc(C)cc1C. The summed E-state index contributed by atoms with van der Waals surface area (Å²) in [4.78, 5) is 0. The summed E-state index contributed by atoms with van der Waals surface area (Å²) >= 11 is 0. The Labute approximate surface area is 156 Å². The van der Waals surface area contributed by atoms with E-state index in [1.807, 2.05) is 48.5 Å². The number of benzene rings is 3. The van der Waals surface area contributed by atoms with Crippen molar-refractivity contribution in [1.29, 1.82) is 0 Å². The van der Waals surface area contributed by atoms with Crippen molar-refractivity contribution in [2.45, 2.75) is 27.2 Å². The molecule has 3 aromatic rings. The van der Waals surface area contributed by atoms with Gasteiger partial charge in [0.15, 0.2) is 0 Å². The molecule has 0 saturated carbocycles. The van der Waals surface area contributed by atoms with Gasteiger partial charge in [-0.25, -0.2) is 0 Å². The van der Waals surface area contributed by atoms with E-state index in [-0.39, 0.29) is 0 Å². The summed E-state index contributed by atoms with van der Waals surface area (Å²) in [6.45, 7) is 6.41. The molecule has 3 aromatic carbocycles. The third kappa shape index (κ3) is 3.53. The lowest BCUT2D eigenvalue weighted by Gasteiger charge is -2.21. The van der Waals surface area contributed by atoms with E-state index in [0.717, 1.165) is 22.6 Å². The highest BCUT2D eigenvalue weighted by Crippen LogP contribution is 2.44. The van der Waals surface area contributed by atoms with Gasteiger partial charge in [-0.1, -0.05) is 54.1 Å². The Balaban J connectivity index is 2.11. The van der Waals surface area contributed by atoms with Crippen LogP contribution in [-0.2, 0) is 15.5 Å². The molecule has 0 aromatic heterocycles. The van der Waals surface area contributed by atoms with Crippen LogP contribution in [0.2, 0.25) is 0 Å². The van der Waals surface area contributed by atoms with Gasteiger partial charge in [-0.05, 0) is 67.6 Å². The number of aryl methyl sites for hydroxylation is 3. The third-order valence-electron chi connectivity index (χ3n) is 4.87.